The molecular weight excluding hydrogens is 140 g/mol. The molecule has 0 saturated carbocycles. The Labute approximate surface area is 56.1 Å². The first-order chi connectivity index (χ1) is 4.26. The van der Waals surface area contributed by atoms with Gasteiger partial charge in [-0.1, -0.05) is 6.92 Å². The van der Waals surface area contributed by atoms with Crippen LogP contribution in [0.15, 0.2) is 0 Å². The minimum absolute atomic E-state index is 0.150. The lowest BCUT2D eigenvalue weighted by Gasteiger charge is -1.86. The fraction of sp³-hybridized carbons (Fsp3) is 0.750. The molecule has 0 spiro atoms. The molecule has 1 unspecified atom stereocenters. The van der Waals surface area contributed by atoms with Crippen molar-refractivity contribution in [3.63, 3.8) is 0 Å². The standard InChI is InChI=1S/C4H8N2O2S/c1-3-4(6-5)9(7)8-2/h3H2,1-2H3. The van der Waals surface area contributed by atoms with Gasteiger partial charge in [0, 0.05) is 0 Å². The molecule has 0 aliphatic heterocycles. The van der Waals surface area contributed by atoms with Crippen molar-refractivity contribution in [1.29, 1.82) is 0 Å². The molecule has 1 atom stereocenters. The van der Waals surface area contributed by atoms with E-state index in [4.69, 9.17) is 5.53 Å². The Morgan fingerprint density at radius 1 is 1.89 bits per heavy atom. The van der Waals surface area contributed by atoms with Crippen molar-refractivity contribution >= 4 is 16.1 Å². The van der Waals surface area contributed by atoms with Gasteiger partial charge < -0.3 is 5.53 Å². The lowest BCUT2D eigenvalue weighted by Crippen LogP contribution is -2.07. The fourth-order valence-corrected chi connectivity index (χ4v) is 0.813. The van der Waals surface area contributed by atoms with Crippen LogP contribution in [0.25, 0.3) is 5.53 Å². The molecule has 0 bridgehead atoms. The molecule has 0 radical (unpaired) electrons. The van der Waals surface area contributed by atoms with Crippen LogP contribution in [-0.4, -0.2) is 21.2 Å². The van der Waals surface area contributed by atoms with Crippen LogP contribution in [0.5, 0.6) is 0 Å². The van der Waals surface area contributed by atoms with Crippen LogP contribution in [0, 0.1) is 0 Å². The van der Waals surface area contributed by atoms with E-state index in [1.54, 1.807) is 6.92 Å². The average Bonchev–Trinajstić information content (AvgIpc) is 1.90. The average molecular weight is 148 g/mol. The summed E-state index contributed by atoms with van der Waals surface area (Å²) in [5, 5.41) is 0.150. The molecule has 5 heteroatoms. The van der Waals surface area contributed by atoms with E-state index in [2.05, 4.69) is 8.97 Å². The molecule has 0 saturated heterocycles. The predicted octanol–water partition coefficient (Wildman–Crippen LogP) is 0.335. The third kappa shape index (κ3) is 2.51. The molecule has 0 N–H and O–H groups in total. The van der Waals surface area contributed by atoms with Gasteiger partial charge in [-0.3, -0.25) is 4.18 Å². The summed E-state index contributed by atoms with van der Waals surface area (Å²) in [6.45, 7) is 1.73. The van der Waals surface area contributed by atoms with Crippen molar-refractivity contribution in [1.82, 2.24) is 0 Å². The Hall–Kier alpha value is -0.510. The van der Waals surface area contributed by atoms with Crippen LogP contribution < -0.4 is 0 Å². The zero-order valence-electron chi connectivity index (χ0n) is 5.33. The van der Waals surface area contributed by atoms with E-state index in [0.29, 0.717) is 6.42 Å². The zero-order valence-corrected chi connectivity index (χ0v) is 6.14. The van der Waals surface area contributed by atoms with E-state index in [-0.39, 0.29) is 5.04 Å². The summed E-state index contributed by atoms with van der Waals surface area (Å²) in [6, 6.07) is 0. The Morgan fingerprint density at radius 2 is 2.44 bits per heavy atom. The van der Waals surface area contributed by atoms with E-state index in [9.17, 15) is 4.21 Å². The molecule has 9 heavy (non-hydrogen) atoms. The van der Waals surface area contributed by atoms with Crippen molar-refractivity contribution in [3.8, 4) is 0 Å². The van der Waals surface area contributed by atoms with Gasteiger partial charge in [0.25, 0.3) is 11.1 Å². The van der Waals surface area contributed by atoms with Gasteiger partial charge in [0.2, 0.25) is 0 Å². The van der Waals surface area contributed by atoms with Crippen molar-refractivity contribution in [2.45, 2.75) is 13.3 Å². The first-order valence-electron chi connectivity index (χ1n) is 2.43. The van der Waals surface area contributed by atoms with Gasteiger partial charge in [0.05, 0.1) is 13.5 Å². The first kappa shape index (κ1) is 8.49. The number of rotatable bonds is 2. The molecule has 0 aromatic carbocycles. The monoisotopic (exact) mass is 148 g/mol. The van der Waals surface area contributed by atoms with Crippen LogP contribution >= 0.6 is 0 Å². The van der Waals surface area contributed by atoms with Crippen LogP contribution in [0.1, 0.15) is 13.3 Å². The number of nitrogens with zero attached hydrogens (tertiary/aromatic N) is 2. The second kappa shape index (κ2) is 4.38. The summed E-state index contributed by atoms with van der Waals surface area (Å²) in [4.78, 5) is 2.77. The van der Waals surface area contributed by atoms with Gasteiger partial charge in [0.15, 0.2) is 0 Å². The third-order valence-corrected chi connectivity index (χ3v) is 1.82. The molecule has 0 rings (SSSR count). The van der Waals surface area contributed by atoms with Crippen LogP contribution in [0.3, 0.4) is 0 Å². The van der Waals surface area contributed by atoms with E-state index in [1.807, 2.05) is 0 Å². The summed E-state index contributed by atoms with van der Waals surface area (Å²) >= 11 is -1.56. The van der Waals surface area contributed by atoms with Gasteiger partial charge in [0.1, 0.15) is 0 Å². The number of hydrogen-bond acceptors (Lipinski definition) is 2. The molecular formula is C4H8N2O2S. The topological polar surface area (TPSA) is 62.7 Å². The van der Waals surface area contributed by atoms with Crippen molar-refractivity contribution in [2.75, 3.05) is 7.11 Å². The molecule has 0 fully saturated rings. The van der Waals surface area contributed by atoms with Crippen molar-refractivity contribution in [3.05, 3.63) is 5.53 Å². The highest BCUT2D eigenvalue weighted by atomic mass is 32.2. The normalized spacial score (nSPS) is 12.2. The van der Waals surface area contributed by atoms with Crippen LogP contribution in [0.4, 0.5) is 0 Å². The summed E-state index contributed by atoms with van der Waals surface area (Å²) in [5.74, 6) is 0. The quantitative estimate of drug-likeness (QED) is 0.245. The maximum Gasteiger partial charge on any atom is 0.381 e. The van der Waals surface area contributed by atoms with Gasteiger partial charge in [-0.05, 0) is 0 Å². The molecule has 0 aliphatic carbocycles. The summed E-state index contributed by atoms with van der Waals surface area (Å²) in [7, 11) is 1.29. The smallest absolute Gasteiger partial charge is 0.360 e. The molecule has 0 aromatic heterocycles. The van der Waals surface area contributed by atoms with E-state index < -0.39 is 11.1 Å². The predicted molar refractivity (Wildman–Crippen MR) is 34.1 cm³/mol. The van der Waals surface area contributed by atoms with E-state index >= 15 is 0 Å². The fourth-order valence-electron chi connectivity index (χ4n) is 0.318. The third-order valence-electron chi connectivity index (χ3n) is 0.758. The Bertz CT molecular complexity index is 162. The molecule has 0 amide bonds. The van der Waals surface area contributed by atoms with Gasteiger partial charge >= 0.3 is 5.04 Å². The van der Waals surface area contributed by atoms with Crippen LogP contribution in [0.2, 0.25) is 0 Å². The second-order valence-corrected chi connectivity index (χ2v) is 2.52. The van der Waals surface area contributed by atoms with E-state index in [1.165, 1.54) is 7.11 Å². The SMILES string of the molecule is CCC(=[N+]=[N-])S(=O)OC. The highest BCUT2D eigenvalue weighted by Gasteiger charge is 2.13. The highest BCUT2D eigenvalue weighted by Crippen LogP contribution is 1.88. The Morgan fingerprint density at radius 3 is 2.56 bits per heavy atom. The lowest BCUT2D eigenvalue weighted by atomic mass is 10.5. The van der Waals surface area contributed by atoms with Gasteiger partial charge in [-0.2, -0.15) is 4.79 Å². The maximum atomic E-state index is 10.6. The lowest BCUT2D eigenvalue weighted by molar-refractivity contribution is -0.00316. The molecule has 0 heterocycles. The van der Waals surface area contributed by atoms with Gasteiger partial charge in [-0.25, -0.2) is 4.21 Å². The minimum Gasteiger partial charge on any atom is -0.360 e. The molecule has 4 nitrogen and oxygen atoms in total. The number of hydrogen-bond donors (Lipinski definition) is 0. The largest absolute Gasteiger partial charge is 0.381 e. The first-order valence-corrected chi connectivity index (χ1v) is 3.50. The molecule has 0 aliphatic rings. The highest BCUT2D eigenvalue weighted by molar-refractivity contribution is 7.96. The van der Waals surface area contributed by atoms with Crippen LogP contribution in [-0.2, 0) is 15.3 Å². The minimum atomic E-state index is -1.56. The Balaban J connectivity index is 4.14. The van der Waals surface area contributed by atoms with Crippen molar-refractivity contribution < 1.29 is 13.2 Å². The second-order valence-electron chi connectivity index (χ2n) is 1.25. The zero-order chi connectivity index (χ0) is 7.28. The Kier molecular flexibility index (Phi) is 4.13. The summed E-state index contributed by atoms with van der Waals surface area (Å²) in [6.07, 6.45) is 0.428. The van der Waals surface area contributed by atoms with Gasteiger partial charge in [-0.15, -0.1) is 0 Å². The molecule has 0 aromatic rings. The van der Waals surface area contributed by atoms with E-state index in [0.717, 1.165) is 0 Å². The molecule has 52 valence electrons. The maximum absolute atomic E-state index is 10.6. The summed E-state index contributed by atoms with van der Waals surface area (Å²) in [5.41, 5.74) is 8.14. The van der Waals surface area contributed by atoms with Crippen molar-refractivity contribution in [2.24, 2.45) is 0 Å². The summed E-state index contributed by atoms with van der Waals surface area (Å²) < 4.78 is 14.9.